The molecule has 3 atom stereocenters. The van der Waals surface area contributed by atoms with Crippen LogP contribution in [0.5, 0.6) is 0 Å². The SMILES string of the molecule is CC1CCC1(NCc1ccc2c(c1)CN(C1CCC(=O)NC1=O)C2=O)c1nnnn1C.O=C(O)C(F)(F)F. The maximum atomic E-state index is 12.9. The second kappa shape index (κ2) is 10.1. The van der Waals surface area contributed by atoms with Crippen molar-refractivity contribution in [3.8, 4) is 0 Å². The van der Waals surface area contributed by atoms with Gasteiger partial charge in [0.2, 0.25) is 11.8 Å². The number of hydrogen-bond donors (Lipinski definition) is 3. The van der Waals surface area contributed by atoms with Crippen LogP contribution in [0, 0.1) is 5.92 Å². The molecule has 12 nitrogen and oxygen atoms in total. The zero-order valence-corrected chi connectivity index (χ0v) is 20.6. The first-order valence-electron chi connectivity index (χ1n) is 11.9. The summed E-state index contributed by atoms with van der Waals surface area (Å²) < 4.78 is 33.5. The van der Waals surface area contributed by atoms with Gasteiger partial charge in [-0.05, 0) is 52.8 Å². The lowest BCUT2D eigenvalue weighted by Crippen LogP contribution is -2.55. The Morgan fingerprint density at radius 2 is 1.97 bits per heavy atom. The Morgan fingerprint density at radius 1 is 1.26 bits per heavy atom. The predicted molar refractivity (Wildman–Crippen MR) is 122 cm³/mol. The number of carboxylic acid groups (broad SMARTS) is 1. The number of piperidine rings is 1. The maximum Gasteiger partial charge on any atom is 0.490 e. The highest BCUT2D eigenvalue weighted by Gasteiger charge is 2.49. The minimum Gasteiger partial charge on any atom is -0.475 e. The van der Waals surface area contributed by atoms with Crippen LogP contribution in [0.15, 0.2) is 18.2 Å². The van der Waals surface area contributed by atoms with Crippen molar-refractivity contribution in [1.82, 2.24) is 35.7 Å². The molecule has 3 amide bonds. The summed E-state index contributed by atoms with van der Waals surface area (Å²) in [7, 11) is 1.86. The molecule has 1 aromatic heterocycles. The summed E-state index contributed by atoms with van der Waals surface area (Å²) in [6.45, 7) is 3.20. The largest absolute Gasteiger partial charge is 0.490 e. The number of rotatable bonds is 5. The van der Waals surface area contributed by atoms with Gasteiger partial charge in [0.15, 0.2) is 5.82 Å². The van der Waals surface area contributed by atoms with Gasteiger partial charge in [-0.3, -0.25) is 19.7 Å². The van der Waals surface area contributed by atoms with Crippen LogP contribution in [-0.2, 0) is 40.1 Å². The van der Waals surface area contributed by atoms with Crippen molar-refractivity contribution >= 4 is 23.7 Å². The van der Waals surface area contributed by atoms with Crippen LogP contribution in [0.3, 0.4) is 0 Å². The summed E-state index contributed by atoms with van der Waals surface area (Å²) in [5.41, 5.74) is 2.33. The molecular weight excluding hydrogens is 511 g/mol. The number of nitrogens with zero attached hydrogens (tertiary/aromatic N) is 5. The summed E-state index contributed by atoms with van der Waals surface area (Å²) in [5.74, 6) is -2.33. The van der Waals surface area contributed by atoms with E-state index in [2.05, 4.69) is 33.1 Å². The number of hydrogen-bond acceptors (Lipinski definition) is 8. The number of fused-ring (bicyclic) bond motifs is 1. The van der Waals surface area contributed by atoms with E-state index in [-0.39, 0.29) is 23.8 Å². The number of nitrogens with one attached hydrogen (secondary N) is 2. The molecule has 0 radical (unpaired) electrons. The zero-order valence-electron chi connectivity index (χ0n) is 20.6. The number of aromatic nitrogens is 4. The van der Waals surface area contributed by atoms with Crippen LogP contribution in [0.25, 0.3) is 0 Å². The smallest absolute Gasteiger partial charge is 0.475 e. The second-order valence-electron chi connectivity index (χ2n) is 9.59. The average molecular weight is 537 g/mol. The molecule has 3 unspecified atom stereocenters. The van der Waals surface area contributed by atoms with E-state index >= 15 is 0 Å². The molecule has 1 saturated carbocycles. The molecular formula is C23H26F3N7O5. The molecule has 3 N–H and O–H groups in total. The van der Waals surface area contributed by atoms with Crippen molar-refractivity contribution in [3.05, 3.63) is 40.7 Å². The molecule has 2 aromatic rings. The molecule has 3 aliphatic rings. The Labute approximate surface area is 214 Å². The number of carbonyl (C=O) groups is 4. The van der Waals surface area contributed by atoms with Gasteiger partial charge in [-0.1, -0.05) is 19.1 Å². The number of amides is 3. The molecule has 5 rings (SSSR count). The number of carboxylic acids is 1. The molecule has 1 saturated heterocycles. The molecule has 1 aromatic carbocycles. The van der Waals surface area contributed by atoms with Gasteiger partial charge in [0.1, 0.15) is 6.04 Å². The summed E-state index contributed by atoms with van der Waals surface area (Å²) >= 11 is 0. The third kappa shape index (κ3) is 5.10. The Kier molecular flexibility index (Phi) is 7.23. The molecule has 1 aliphatic carbocycles. The van der Waals surface area contributed by atoms with E-state index in [1.54, 1.807) is 9.58 Å². The number of halogens is 3. The molecule has 15 heteroatoms. The van der Waals surface area contributed by atoms with E-state index < -0.39 is 24.1 Å². The Morgan fingerprint density at radius 3 is 2.50 bits per heavy atom. The molecule has 2 fully saturated rings. The zero-order chi connectivity index (χ0) is 27.8. The number of aliphatic carboxylic acids is 1. The highest BCUT2D eigenvalue weighted by molar-refractivity contribution is 6.05. The van der Waals surface area contributed by atoms with E-state index in [4.69, 9.17) is 9.90 Å². The van der Waals surface area contributed by atoms with Gasteiger partial charge in [-0.2, -0.15) is 13.2 Å². The lowest BCUT2D eigenvalue weighted by atomic mass is 9.66. The lowest BCUT2D eigenvalue weighted by molar-refractivity contribution is -0.192. The van der Waals surface area contributed by atoms with Crippen molar-refractivity contribution < 1.29 is 37.5 Å². The Bertz CT molecular complexity index is 1280. The highest BCUT2D eigenvalue weighted by atomic mass is 19.4. The van der Waals surface area contributed by atoms with Gasteiger partial charge in [-0.25, -0.2) is 9.48 Å². The van der Waals surface area contributed by atoms with Crippen molar-refractivity contribution in [2.24, 2.45) is 13.0 Å². The van der Waals surface area contributed by atoms with Gasteiger partial charge in [-0.15, -0.1) is 5.10 Å². The fraction of sp³-hybridized carbons (Fsp3) is 0.522. The number of alkyl halides is 3. The lowest BCUT2D eigenvalue weighted by Gasteiger charge is -2.47. The fourth-order valence-electron chi connectivity index (χ4n) is 5.00. The van der Waals surface area contributed by atoms with Crippen LogP contribution in [-0.4, -0.2) is 66.1 Å². The fourth-order valence-corrected chi connectivity index (χ4v) is 5.00. The van der Waals surface area contributed by atoms with Crippen LogP contribution >= 0.6 is 0 Å². The number of carbonyl (C=O) groups excluding carboxylic acids is 3. The van der Waals surface area contributed by atoms with Gasteiger partial charge in [0.05, 0.1) is 5.54 Å². The molecule has 0 bridgehead atoms. The Balaban J connectivity index is 0.000000426. The topological polar surface area (TPSA) is 159 Å². The van der Waals surface area contributed by atoms with Crippen molar-refractivity contribution in [1.29, 1.82) is 0 Å². The van der Waals surface area contributed by atoms with Gasteiger partial charge in [0.25, 0.3) is 5.91 Å². The second-order valence-corrected chi connectivity index (χ2v) is 9.59. The molecule has 38 heavy (non-hydrogen) atoms. The average Bonchev–Trinajstić information content (AvgIpc) is 3.41. The van der Waals surface area contributed by atoms with Crippen molar-refractivity contribution in [3.63, 3.8) is 0 Å². The molecule has 2 aliphatic heterocycles. The minimum atomic E-state index is -5.08. The first-order valence-corrected chi connectivity index (χ1v) is 11.9. The summed E-state index contributed by atoms with van der Waals surface area (Å²) in [6, 6.07) is 5.21. The number of tetrazole rings is 1. The predicted octanol–water partition coefficient (Wildman–Crippen LogP) is 1.02. The third-order valence-corrected chi connectivity index (χ3v) is 7.27. The van der Waals surface area contributed by atoms with Crippen molar-refractivity contribution in [2.45, 2.75) is 63.5 Å². The highest BCUT2D eigenvalue weighted by Crippen LogP contribution is 2.45. The minimum absolute atomic E-state index is 0.154. The number of aryl methyl sites for hydroxylation is 1. The van der Waals surface area contributed by atoms with Crippen LogP contribution in [0.4, 0.5) is 13.2 Å². The van der Waals surface area contributed by atoms with Crippen LogP contribution in [0.1, 0.15) is 59.9 Å². The standard InChI is InChI=1S/C21H25N7O3.C2HF3O2/c1-12-7-8-21(12,20-24-25-26-27(20)2)22-10-13-3-4-15-14(9-13)11-28(19(15)31)16-5-6-17(29)23-18(16)30;3-2(4,5)1(6)7/h3-4,9,12,16,22H,5-8,10-11H2,1-2H3,(H,23,29,30);(H,6,7). The molecule has 3 heterocycles. The Hall–Kier alpha value is -3.88. The van der Waals surface area contributed by atoms with Gasteiger partial charge >= 0.3 is 12.1 Å². The summed E-state index contributed by atoms with van der Waals surface area (Å²) in [4.78, 5) is 47.0. The first-order chi connectivity index (χ1) is 17.8. The maximum absolute atomic E-state index is 12.9. The quantitative estimate of drug-likeness (QED) is 0.473. The van der Waals surface area contributed by atoms with E-state index in [0.29, 0.717) is 31.0 Å². The summed E-state index contributed by atoms with van der Waals surface area (Å²) in [5, 5.41) is 25.2. The summed E-state index contributed by atoms with van der Waals surface area (Å²) in [6.07, 6.45) is -2.39. The number of imide groups is 1. The van der Waals surface area contributed by atoms with Gasteiger partial charge < -0.3 is 15.3 Å². The molecule has 0 spiro atoms. The first kappa shape index (κ1) is 27.2. The molecule has 204 valence electrons. The van der Waals surface area contributed by atoms with Crippen molar-refractivity contribution in [2.75, 3.05) is 0 Å². The normalized spacial score (nSPS) is 24.8. The van der Waals surface area contributed by atoms with E-state index in [9.17, 15) is 27.6 Å². The van der Waals surface area contributed by atoms with E-state index in [0.717, 1.165) is 29.8 Å². The van der Waals surface area contributed by atoms with Crippen LogP contribution in [0.2, 0.25) is 0 Å². The van der Waals surface area contributed by atoms with E-state index in [1.165, 1.54) is 0 Å². The van der Waals surface area contributed by atoms with Crippen LogP contribution < -0.4 is 10.6 Å². The third-order valence-electron chi connectivity index (χ3n) is 7.27. The monoisotopic (exact) mass is 537 g/mol. The number of benzene rings is 1. The van der Waals surface area contributed by atoms with Gasteiger partial charge in [0, 0.05) is 32.1 Å². The van der Waals surface area contributed by atoms with E-state index in [1.807, 2.05) is 25.2 Å².